The Morgan fingerprint density at radius 3 is 2.77 bits per heavy atom. The van der Waals surface area contributed by atoms with E-state index in [1.807, 2.05) is 18.2 Å². The molecule has 8 nitrogen and oxygen atoms in total. The molecule has 1 N–H and O–H groups in total. The van der Waals surface area contributed by atoms with Gasteiger partial charge in [-0.2, -0.15) is 5.10 Å². The molecule has 3 rings (SSSR count). The number of aromatic nitrogens is 1. The normalized spacial score (nSPS) is 10.8. The molecule has 0 aliphatic rings. The molecule has 1 heterocycles. The van der Waals surface area contributed by atoms with Gasteiger partial charge in [0.2, 0.25) is 5.82 Å². The zero-order valence-corrected chi connectivity index (χ0v) is 18.6. The number of rotatable bonds is 8. The number of methoxy groups -OCH3 is 1. The summed E-state index contributed by atoms with van der Waals surface area (Å²) in [5, 5.41) is 15.8. The number of hydrogen-bond donors (Lipinski definition) is 1. The lowest BCUT2D eigenvalue weighted by molar-refractivity contribution is -0.384. The summed E-state index contributed by atoms with van der Waals surface area (Å²) in [5.74, 6) is 1.21. The molecule has 0 saturated carbocycles. The lowest BCUT2D eigenvalue weighted by Gasteiger charge is -2.13. The Morgan fingerprint density at radius 1 is 1.30 bits per heavy atom. The largest absolute Gasteiger partial charge is 0.493 e. The van der Waals surface area contributed by atoms with Crippen LogP contribution in [0.25, 0.3) is 0 Å². The third-order valence-electron chi connectivity index (χ3n) is 3.92. The van der Waals surface area contributed by atoms with Crippen molar-refractivity contribution in [1.82, 2.24) is 4.98 Å². The van der Waals surface area contributed by atoms with Crippen LogP contribution in [0.1, 0.15) is 11.1 Å². The van der Waals surface area contributed by atoms with Gasteiger partial charge < -0.3 is 9.47 Å². The van der Waals surface area contributed by atoms with E-state index in [9.17, 15) is 10.1 Å². The van der Waals surface area contributed by atoms with Crippen molar-refractivity contribution in [3.63, 3.8) is 0 Å². The molecule has 10 heteroatoms. The van der Waals surface area contributed by atoms with E-state index in [2.05, 4.69) is 38.1 Å². The quantitative estimate of drug-likeness (QED) is 0.181. The number of hydrogen-bond acceptors (Lipinski definition) is 7. The van der Waals surface area contributed by atoms with Crippen LogP contribution < -0.4 is 14.9 Å². The zero-order chi connectivity index (χ0) is 21.5. The molecule has 0 aliphatic carbocycles. The molecule has 2 aromatic carbocycles. The van der Waals surface area contributed by atoms with Gasteiger partial charge in [-0.1, -0.05) is 23.7 Å². The molecule has 1 aromatic heterocycles. The molecule has 0 unspecified atom stereocenters. The van der Waals surface area contributed by atoms with Gasteiger partial charge in [-0.05, 0) is 64.0 Å². The molecule has 0 spiro atoms. The van der Waals surface area contributed by atoms with Crippen molar-refractivity contribution < 1.29 is 14.4 Å². The molecule has 154 valence electrons. The highest BCUT2D eigenvalue weighted by Crippen LogP contribution is 2.34. The van der Waals surface area contributed by atoms with Crippen LogP contribution in [0.3, 0.4) is 0 Å². The van der Waals surface area contributed by atoms with Gasteiger partial charge in [-0.3, -0.25) is 15.5 Å². The highest BCUT2D eigenvalue weighted by molar-refractivity contribution is 14.1. The molecular weight excluding hydrogens is 523 g/mol. The highest BCUT2D eigenvalue weighted by Gasteiger charge is 2.14. The minimum Gasteiger partial charge on any atom is -0.493 e. The second-order valence-electron chi connectivity index (χ2n) is 5.95. The van der Waals surface area contributed by atoms with Gasteiger partial charge in [0.25, 0.3) is 0 Å². The van der Waals surface area contributed by atoms with Crippen molar-refractivity contribution in [2.75, 3.05) is 12.5 Å². The van der Waals surface area contributed by atoms with Crippen molar-refractivity contribution in [2.24, 2.45) is 5.10 Å². The van der Waals surface area contributed by atoms with Gasteiger partial charge in [0.05, 0.1) is 21.8 Å². The first-order valence-electron chi connectivity index (χ1n) is 8.61. The van der Waals surface area contributed by atoms with E-state index in [0.29, 0.717) is 23.1 Å². The first-order chi connectivity index (χ1) is 14.5. The maximum Gasteiger partial charge on any atom is 0.313 e. The van der Waals surface area contributed by atoms with E-state index in [-0.39, 0.29) is 11.5 Å². The van der Waals surface area contributed by atoms with Crippen LogP contribution in [0.15, 0.2) is 59.8 Å². The van der Waals surface area contributed by atoms with E-state index in [1.54, 1.807) is 25.3 Å². The van der Waals surface area contributed by atoms with Crippen molar-refractivity contribution in [3.8, 4) is 11.5 Å². The van der Waals surface area contributed by atoms with Crippen molar-refractivity contribution in [3.05, 3.63) is 84.6 Å². The maximum atomic E-state index is 11.0. The fourth-order valence-corrected chi connectivity index (χ4v) is 3.40. The Hall–Kier alpha value is -2.92. The summed E-state index contributed by atoms with van der Waals surface area (Å²) < 4.78 is 12.2. The number of nitrogens with one attached hydrogen (secondary N) is 1. The number of nitro groups is 1. The average molecular weight is 539 g/mol. The topological polar surface area (TPSA) is 98.9 Å². The smallest absolute Gasteiger partial charge is 0.313 e. The van der Waals surface area contributed by atoms with Crippen LogP contribution in [0, 0.1) is 13.7 Å². The molecule has 30 heavy (non-hydrogen) atoms. The maximum absolute atomic E-state index is 11.0. The molecule has 0 atom stereocenters. The number of ether oxygens (including phenoxy) is 2. The van der Waals surface area contributed by atoms with Gasteiger partial charge in [-0.25, -0.2) is 4.98 Å². The Balaban J connectivity index is 1.74. The van der Waals surface area contributed by atoms with Crippen LogP contribution >= 0.6 is 34.2 Å². The molecule has 0 bridgehead atoms. The Kier molecular flexibility index (Phi) is 7.41. The average Bonchev–Trinajstić information content (AvgIpc) is 2.74. The molecule has 0 fully saturated rings. The highest BCUT2D eigenvalue weighted by atomic mass is 127. The lowest BCUT2D eigenvalue weighted by Crippen LogP contribution is -2.01. The first-order valence-corrected chi connectivity index (χ1v) is 10.1. The molecule has 0 radical (unpaired) electrons. The van der Waals surface area contributed by atoms with Crippen molar-refractivity contribution in [1.29, 1.82) is 0 Å². The predicted octanol–water partition coefficient (Wildman–Crippen LogP) is 5.28. The summed E-state index contributed by atoms with van der Waals surface area (Å²) in [5.41, 5.74) is 4.14. The lowest BCUT2D eigenvalue weighted by atomic mass is 10.2. The van der Waals surface area contributed by atoms with Crippen LogP contribution in [0.4, 0.5) is 11.5 Å². The zero-order valence-electron chi connectivity index (χ0n) is 15.7. The molecule has 0 aliphatic heterocycles. The SMILES string of the molecule is COc1cc(/C=N/Nc2ncccc2[N+](=O)[O-])cc(I)c1OCc1ccc(Cl)cc1. The number of benzene rings is 2. The monoisotopic (exact) mass is 538 g/mol. The number of anilines is 1. The summed E-state index contributed by atoms with van der Waals surface area (Å²) in [6.45, 7) is 0.363. The molecular formula is C20H16ClIN4O4. The van der Waals surface area contributed by atoms with Gasteiger partial charge in [-0.15, -0.1) is 0 Å². The fraction of sp³-hybridized carbons (Fsp3) is 0.100. The number of pyridine rings is 1. The first kappa shape index (κ1) is 21.8. The molecule has 3 aromatic rings. The van der Waals surface area contributed by atoms with Crippen LogP contribution in [-0.2, 0) is 6.61 Å². The van der Waals surface area contributed by atoms with Crippen LogP contribution in [0.5, 0.6) is 11.5 Å². The van der Waals surface area contributed by atoms with E-state index in [1.165, 1.54) is 24.5 Å². The van der Waals surface area contributed by atoms with Gasteiger partial charge in [0.1, 0.15) is 6.61 Å². The number of halogens is 2. The standard InChI is InChI=1S/C20H16ClIN4O4/c1-29-18-10-14(11-24-25-20-17(26(27)28)3-2-8-23-20)9-16(22)19(18)30-12-13-4-6-15(21)7-5-13/h2-11H,12H2,1H3,(H,23,25)/b24-11+. The predicted molar refractivity (Wildman–Crippen MR) is 124 cm³/mol. The summed E-state index contributed by atoms with van der Waals surface area (Å²) >= 11 is 8.06. The third kappa shape index (κ3) is 5.57. The van der Waals surface area contributed by atoms with Gasteiger partial charge >= 0.3 is 5.69 Å². The minimum absolute atomic E-state index is 0.0586. The van der Waals surface area contributed by atoms with E-state index in [4.69, 9.17) is 21.1 Å². The van der Waals surface area contributed by atoms with E-state index in [0.717, 1.165) is 14.7 Å². The summed E-state index contributed by atoms with van der Waals surface area (Å²) in [6, 6.07) is 13.9. The third-order valence-corrected chi connectivity index (χ3v) is 4.97. The number of hydrazone groups is 1. The fourth-order valence-electron chi connectivity index (χ4n) is 2.49. The Labute approximate surface area is 191 Å². The van der Waals surface area contributed by atoms with E-state index >= 15 is 0 Å². The second kappa shape index (κ2) is 10.2. The van der Waals surface area contributed by atoms with Crippen LogP contribution in [0.2, 0.25) is 5.02 Å². The van der Waals surface area contributed by atoms with Crippen molar-refractivity contribution >= 4 is 51.9 Å². The summed E-state index contributed by atoms with van der Waals surface area (Å²) in [6.07, 6.45) is 2.97. The Morgan fingerprint density at radius 2 is 2.07 bits per heavy atom. The Bertz CT molecular complexity index is 1080. The minimum atomic E-state index is -0.524. The van der Waals surface area contributed by atoms with E-state index < -0.39 is 4.92 Å². The van der Waals surface area contributed by atoms with Crippen LogP contribution in [-0.4, -0.2) is 23.2 Å². The van der Waals surface area contributed by atoms with Gasteiger partial charge in [0.15, 0.2) is 11.5 Å². The second-order valence-corrected chi connectivity index (χ2v) is 7.55. The van der Waals surface area contributed by atoms with Gasteiger partial charge in [0, 0.05) is 17.3 Å². The molecule has 0 amide bonds. The summed E-state index contributed by atoms with van der Waals surface area (Å²) in [4.78, 5) is 14.4. The molecule has 0 saturated heterocycles. The van der Waals surface area contributed by atoms with Crippen molar-refractivity contribution in [2.45, 2.75) is 6.61 Å². The summed E-state index contributed by atoms with van der Waals surface area (Å²) in [7, 11) is 1.55. The number of nitrogens with zero attached hydrogens (tertiary/aromatic N) is 3.